The molecule has 0 fully saturated rings. The standard InChI is InChI=1S/C13H11ClF2N2O2S/c1-7-4-11(17)9(14)6-12(7)18-21(19,20)13-5-8(15)2-3-10(13)16/h2-6,18H,17H2,1H3. The molecule has 0 aliphatic carbocycles. The van der Waals surface area contributed by atoms with Gasteiger partial charge in [-0.2, -0.15) is 0 Å². The van der Waals surface area contributed by atoms with Gasteiger partial charge in [0.1, 0.15) is 16.5 Å². The van der Waals surface area contributed by atoms with E-state index in [1.807, 2.05) is 0 Å². The third kappa shape index (κ3) is 3.25. The third-order valence-corrected chi connectivity index (χ3v) is 4.48. The van der Waals surface area contributed by atoms with Crippen molar-refractivity contribution in [2.24, 2.45) is 0 Å². The van der Waals surface area contributed by atoms with Crippen LogP contribution in [0, 0.1) is 18.6 Å². The van der Waals surface area contributed by atoms with Gasteiger partial charge in [-0.05, 0) is 42.8 Å². The maximum absolute atomic E-state index is 13.6. The predicted molar refractivity (Wildman–Crippen MR) is 77.8 cm³/mol. The normalized spacial score (nSPS) is 11.4. The zero-order valence-electron chi connectivity index (χ0n) is 10.8. The fraction of sp³-hybridized carbons (Fsp3) is 0.0769. The van der Waals surface area contributed by atoms with Crippen LogP contribution in [0.1, 0.15) is 5.56 Å². The second-order valence-electron chi connectivity index (χ2n) is 4.37. The molecule has 0 aromatic heterocycles. The van der Waals surface area contributed by atoms with Crippen molar-refractivity contribution in [1.82, 2.24) is 0 Å². The second kappa shape index (κ2) is 5.50. The lowest BCUT2D eigenvalue weighted by atomic mass is 10.2. The lowest BCUT2D eigenvalue weighted by molar-refractivity contribution is 0.555. The molecule has 0 aliphatic rings. The van der Waals surface area contributed by atoms with Gasteiger partial charge >= 0.3 is 0 Å². The van der Waals surface area contributed by atoms with Gasteiger partial charge in [0.05, 0.1) is 16.4 Å². The van der Waals surface area contributed by atoms with Crippen molar-refractivity contribution in [3.05, 3.63) is 52.6 Å². The van der Waals surface area contributed by atoms with E-state index < -0.39 is 26.6 Å². The predicted octanol–water partition coefficient (Wildman–Crippen LogP) is 3.31. The van der Waals surface area contributed by atoms with Crippen LogP contribution in [0.15, 0.2) is 35.2 Å². The molecule has 0 saturated carbocycles. The Hall–Kier alpha value is -1.86. The van der Waals surface area contributed by atoms with E-state index in [-0.39, 0.29) is 16.4 Å². The maximum Gasteiger partial charge on any atom is 0.264 e. The summed E-state index contributed by atoms with van der Waals surface area (Å²) in [5.41, 5.74) is 6.51. The molecule has 0 radical (unpaired) electrons. The minimum absolute atomic E-state index is 0.137. The van der Waals surface area contributed by atoms with E-state index in [0.29, 0.717) is 11.6 Å². The van der Waals surface area contributed by atoms with Crippen molar-refractivity contribution in [3.8, 4) is 0 Å². The number of hydrogen-bond donors (Lipinski definition) is 2. The van der Waals surface area contributed by atoms with Crippen LogP contribution < -0.4 is 10.5 Å². The van der Waals surface area contributed by atoms with E-state index in [1.165, 1.54) is 12.1 Å². The number of hydrogen-bond acceptors (Lipinski definition) is 3. The van der Waals surface area contributed by atoms with Gasteiger partial charge in [0.2, 0.25) is 0 Å². The van der Waals surface area contributed by atoms with Crippen LogP contribution in [0.4, 0.5) is 20.2 Å². The molecule has 3 N–H and O–H groups in total. The van der Waals surface area contributed by atoms with Crippen molar-refractivity contribution in [2.75, 3.05) is 10.5 Å². The zero-order valence-corrected chi connectivity index (χ0v) is 12.4. The van der Waals surface area contributed by atoms with E-state index in [0.717, 1.165) is 12.1 Å². The fourth-order valence-corrected chi connectivity index (χ4v) is 3.07. The number of halogens is 3. The van der Waals surface area contributed by atoms with Crippen LogP contribution in [0.25, 0.3) is 0 Å². The molecule has 0 spiro atoms. The monoisotopic (exact) mass is 332 g/mol. The number of rotatable bonds is 3. The second-order valence-corrected chi connectivity index (χ2v) is 6.43. The van der Waals surface area contributed by atoms with Crippen LogP contribution >= 0.6 is 11.6 Å². The van der Waals surface area contributed by atoms with Crippen LogP contribution in [0.5, 0.6) is 0 Å². The number of nitrogen functional groups attached to an aromatic ring is 1. The number of benzene rings is 2. The van der Waals surface area contributed by atoms with Gasteiger partial charge in [-0.15, -0.1) is 0 Å². The molecule has 0 atom stereocenters. The highest BCUT2D eigenvalue weighted by atomic mass is 35.5. The summed E-state index contributed by atoms with van der Waals surface area (Å²) in [4.78, 5) is -0.783. The number of aryl methyl sites for hydroxylation is 1. The van der Waals surface area contributed by atoms with Crippen molar-refractivity contribution in [3.63, 3.8) is 0 Å². The lowest BCUT2D eigenvalue weighted by Crippen LogP contribution is -2.15. The van der Waals surface area contributed by atoms with Gasteiger partial charge in [-0.25, -0.2) is 17.2 Å². The first kappa shape index (κ1) is 15.5. The molecule has 21 heavy (non-hydrogen) atoms. The van der Waals surface area contributed by atoms with Crippen molar-refractivity contribution in [1.29, 1.82) is 0 Å². The molecule has 0 heterocycles. The molecule has 0 unspecified atom stereocenters. The molecule has 2 rings (SSSR count). The summed E-state index contributed by atoms with van der Waals surface area (Å²) >= 11 is 5.82. The highest BCUT2D eigenvalue weighted by molar-refractivity contribution is 7.92. The first-order valence-electron chi connectivity index (χ1n) is 5.74. The topological polar surface area (TPSA) is 72.2 Å². The number of sulfonamides is 1. The number of nitrogens with one attached hydrogen (secondary N) is 1. The lowest BCUT2D eigenvalue weighted by Gasteiger charge is -2.12. The summed E-state index contributed by atoms with van der Waals surface area (Å²) in [5, 5.41) is 0.151. The molecular weight excluding hydrogens is 322 g/mol. The summed E-state index contributed by atoms with van der Waals surface area (Å²) in [7, 11) is -4.28. The van der Waals surface area contributed by atoms with Gasteiger partial charge in [0, 0.05) is 0 Å². The Labute approximate surface area is 125 Å². The molecule has 0 saturated heterocycles. The summed E-state index contributed by atoms with van der Waals surface area (Å²) in [6, 6.07) is 4.96. The molecule has 112 valence electrons. The van der Waals surface area contributed by atoms with Gasteiger partial charge < -0.3 is 5.73 Å². The first-order valence-corrected chi connectivity index (χ1v) is 7.60. The van der Waals surface area contributed by atoms with Gasteiger partial charge in [-0.3, -0.25) is 4.72 Å². The Bertz CT molecular complexity index is 810. The molecule has 0 bridgehead atoms. The Morgan fingerprint density at radius 3 is 2.52 bits per heavy atom. The van der Waals surface area contributed by atoms with E-state index in [1.54, 1.807) is 6.92 Å². The quantitative estimate of drug-likeness (QED) is 0.847. The SMILES string of the molecule is Cc1cc(N)c(Cl)cc1NS(=O)(=O)c1cc(F)ccc1F. The molecule has 2 aromatic rings. The average Bonchev–Trinajstić information content (AvgIpc) is 2.38. The molecule has 0 amide bonds. The summed E-state index contributed by atoms with van der Waals surface area (Å²) in [6.07, 6.45) is 0. The maximum atomic E-state index is 13.6. The zero-order chi connectivity index (χ0) is 15.8. The van der Waals surface area contributed by atoms with E-state index in [9.17, 15) is 17.2 Å². The molecule has 2 aromatic carbocycles. The minimum Gasteiger partial charge on any atom is -0.398 e. The highest BCUT2D eigenvalue weighted by Crippen LogP contribution is 2.29. The Morgan fingerprint density at radius 1 is 1.19 bits per heavy atom. The van der Waals surface area contributed by atoms with Gasteiger partial charge in [-0.1, -0.05) is 11.6 Å². The van der Waals surface area contributed by atoms with Crippen molar-refractivity contribution < 1.29 is 17.2 Å². The molecular formula is C13H11ClF2N2O2S. The summed E-state index contributed by atoms with van der Waals surface area (Å²) in [6.45, 7) is 1.60. The fourth-order valence-electron chi connectivity index (χ4n) is 1.70. The smallest absolute Gasteiger partial charge is 0.264 e. The molecule has 8 heteroatoms. The van der Waals surface area contributed by atoms with E-state index >= 15 is 0 Å². The highest BCUT2D eigenvalue weighted by Gasteiger charge is 2.21. The van der Waals surface area contributed by atoms with Crippen LogP contribution in [0.3, 0.4) is 0 Å². The number of nitrogens with two attached hydrogens (primary N) is 1. The third-order valence-electron chi connectivity index (χ3n) is 2.77. The minimum atomic E-state index is -4.28. The summed E-state index contributed by atoms with van der Waals surface area (Å²) < 4.78 is 53.1. The Kier molecular flexibility index (Phi) is 4.06. The Morgan fingerprint density at radius 2 is 1.86 bits per heavy atom. The Balaban J connectivity index is 2.47. The van der Waals surface area contributed by atoms with Gasteiger partial charge in [0.15, 0.2) is 0 Å². The summed E-state index contributed by atoms with van der Waals surface area (Å²) in [5.74, 6) is -1.91. The van der Waals surface area contributed by atoms with Crippen LogP contribution in [0.2, 0.25) is 5.02 Å². The van der Waals surface area contributed by atoms with E-state index in [2.05, 4.69) is 4.72 Å². The number of anilines is 2. The van der Waals surface area contributed by atoms with Crippen LogP contribution in [-0.2, 0) is 10.0 Å². The molecule has 4 nitrogen and oxygen atoms in total. The van der Waals surface area contributed by atoms with Gasteiger partial charge in [0.25, 0.3) is 10.0 Å². The van der Waals surface area contributed by atoms with Crippen molar-refractivity contribution in [2.45, 2.75) is 11.8 Å². The van der Waals surface area contributed by atoms with Crippen molar-refractivity contribution >= 4 is 33.0 Å². The average molecular weight is 333 g/mol. The van der Waals surface area contributed by atoms with E-state index in [4.69, 9.17) is 17.3 Å². The first-order chi connectivity index (χ1) is 9.70. The molecule has 0 aliphatic heterocycles. The largest absolute Gasteiger partial charge is 0.398 e. The van der Waals surface area contributed by atoms with Crippen LogP contribution in [-0.4, -0.2) is 8.42 Å².